The third-order valence-corrected chi connectivity index (χ3v) is 5.67. The highest BCUT2D eigenvalue weighted by Gasteiger charge is 2.23. The summed E-state index contributed by atoms with van der Waals surface area (Å²) in [6.45, 7) is 1.63. The van der Waals surface area contributed by atoms with Crippen molar-refractivity contribution in [1.29, 1.82) is 0 Å². The Morgan fingerprint density at radius 1 is 1.35 bits per heavy atom. The number of carbonyl (C=O) groups is 1. The number of halogens is 1. The fraction of sp³-hybridized carbons (Fsp3) is 0.350. The second kappa shape index (κ2) is 8.71. The Labute approximate surface area is 162 Å². The molecule has 6 heteroatoms. The minimum absolute atomic E-state index is 0.0623. The minimum Gasteiger partial charge on any atom is -0.497 e. The van der Waals surface area contributed by atoms with Gasteiger partial charge < -0.3 is 14.2 Å². The summed E-state index contributed by atoms with van der Waals surface area (Å²) in [5.74, 6) is 0.539. The molecule has 0 saturated carbocycles. The van der Waals surface area contributed by atoms with E-state index in [9.17, 15) is 4.79 Å². The Bertz CT molecular complexity index is 782. The van der Waals surface area contributed by atoms with Crippen LogP contribution in [0, 0.1) is 0 Å². The van der Waals surface area contributed by atoms with E-state index in [1.165, 1.54) is 12.5 Å². The first kappa shape index (κ1) is 19.0. The molecule has 26 heavy (non-hydrogen) atoms. The summed E-state index contributed by atoms with van der Waals surface area (Å²) in [5, 5.41) is 0. The molecule has 0 aliphatic carbocycles. The topological polar surface area (TPSA) is 44.8 Å². The van der Waals surface area contributed by atoms with Gasteiger partial charge in [-0.2, -0.15) is 0 Å². The largest absolute Gasteiger partial charge is 0.497 e. The average molecular weight is 393 g/mol. The van der Waals surface area contributed by atoms with Gasteiger partial charge in [0.1, 0.15) is 18.5 Å². The quantitative estimate of drug-likeness (QED) is 0.515. The fourth-order valence-corrected chi connectivity index (χ4v) is 4.15. The van der Waals surface area contributed by atoms with Gasteiger partial charge in [-0.1, -0.05) is 35.9 Å². The smallest absolute Gasteiger partial charge is 0.302 e. The van der Waals surface area contributed by atoms with E-state index in [4.69, 9.17) is 25.8 Å². The van der Waals surface area contributed by atoms with Gasteiger partial charge in [0.25, 0.3) is 0 Å². The zero-order valence-corrected chi connectivity index (χ0v) is 16.3. The predicted molar refractivity (Wildman–Crippen MR) is 103 cm³/mol. The average Bonchev–Trinajstić information content (AvgIpc) is 3.01. The summed E-state index contributed by atoms with van der Waals surface area (Å²) in [7, 11) is 1.66. The molecule has 0 amide bonds. The number of methoxy groups -OCH3 is 1. The van der Waals surface area contributed by atoms with Gasteiger partial charge in [-0.15, -0.1) is 11.3 Å². The van der Waals surface area contributed by atoms with E-state index >= 15 is 0 Å². The first-order valence-corrected chi connectivity index (χ1v) is 9.61. The fourth-order valence-electron chi connectivity index (χ4n) is 2.81. The molecular weight excluding hydrogens is 372 g/mol. The van der Waals surface area contributed by atoms with Crippen LogP contribution in [0.2, 0.25) is 4.34 Å². The van der Waals surface area contributed by atoms with Gasteiger partial charge in [-0.05, 0) is 42.2 Å². The summed E-state index contributed by atoms with van der Waals surface area (Å²) in [6.07, 6.45) is 5.27. The number of benzene rings is 1. The number of ether oxygens (including phenoxy) is 3. The molecule has 3 rings (SSSR count). The third kappa shape index (κ3) is 4.87. The molecule has 0 spiro atoms. The van der Waals surface area contributed by atoms with Crippen molar-refractivity contribution in [3.8, 4) is 5.75 Å². The van der Waals surface area contributed by atoms with Crippen LogP contribution in [0.15, 0.2) is 42.5 Å². The lowest BCUT2D eigenvalue weighted by Gasteiger charge is -2.24. The molecule has 0 bridgehead atoms. The van der Waals surface area contributed by atoms with Crippen LogP contribution in [-0.2, 0) is 20.7 Å². The van der Waals surface area contributed by atoms with Crippen molar-refractivity contribution in [2.75, 3.05) is 13.7 Å². The van der Waals surface area contributed by atoms with Crippen molar-refractivity contribution >= 4 is 28.9 Å². The highest BCUT2D eigenvalue weighted by Crippen LogP contribution is 2.38. The monoisotopic (exact) mass is 392 g/mol. The van der Waals surface area contributed by atoms with Gasteiger partial charge in [0.05, 0.1) is 17.6 Å². The van der Waals surface area contributed by atoms with E-state index in [0.29, 0.717) is 0 Å². The highest BCUT2D eigenvalue weighted by atomic mass is 35.5. The minimum atomic E-state index is -0.301. The maximum absolute atomic E-state index is 11.0. The molecule has 0 fully saturated rings. The first-order chi connectivity index (χ1) is 12.5. The third-order valence-electron chi connectivity index (χ3n) is 4.14. The number of carbonyl (C=O) groups excluding carboxylic acids is 1. The normalized spacial score (nSPS) is 19.3. The second-order valence-electron chi connectivity index (χ2n) is 6.10. The Morgan fingerprint density at radius 3 is 2.81 bits per heavy atom. The lowest BCUT2D eigenvalue weighted by molar-refractivity contribution is -0.145. The van der Waals surface area contributed by atoms with E-state index < -0.39 is 0 Å². The van der Waals surface area contributed by atoms with Crippen LogP contribution in [0.25, 0.3) is 0 Å². The molecule has 138 valence electrons. The summed E-state index contributed by atoms with van der Waals surface area (Å²) in [6, 6.07) is 10.1. The summed E-state index contributed by atoms with van der Waals surface area (Å²) in [5.41, 5.74) is 2.26. The Morgan fingerprint density at radius 2 is 2.12 bits per heavy atom. The molecule has 2 atom stereocenters. The molecule has 0 unspecified atom stereocenters. The van der Waals surface area contributed by atoms with E-state index in [-0.39, 0.29) is 24.8 Å². The van der Waals surface area contributed by atoms with Crippen molar-refractivity contribution in [3.63, 3.8) is 0 Å². The molecule has 0 saturated heterocycles. The van der Waals surface area contributed by atoms with Gasteiger partial charge in [0.2, 0.25) is 0 Å². The Hall–Kier alpha value is -1.82. The molecule has 1 aromatic heterocycles. The number of rotatable bonds is 6. The molecule has 1 aromatic carbocycles. The maximum Gasteiger partial charge on any atom is 0.302 e. The first-order valence-electron chi connectivity index (χ1n) is 8.41. The second-order valence-corrected chi connectivity index (χ2v) is 7.79. The van der Waals surface area contributed by atoms with Gasteiger partial charge >= 0.3 is 5.97 Å². The van der Waals surface area contributed by atoms with Crippen LogP contribution in [0.1, 0.15) is 35.5 Å². The van der Waals surface area contributed by atoms with E-state index in [2.05, 4.69) is 12.1 Å². The number of esters is 1. The van der Waals surface area contributed by atoms with Crippen LogP contribution < -0.4 is 4.74 Å². The predicted octanol–water partition coefficient (Wildman–Crippen LogP) is 4.95. The lowest BCUT2D eigenvalue weighted by atomic mass is 10.1. The zero-order valence-electron chi connectivity index (χ0n) is 14.7. The van der Waals surface area contributed by atoms with Crippen LogP contribution in [0.5, 0.6) is 5.75 Å². The van der Waals surface area contributed by atoms with Crippen molar-refractivity contribution in [3.05, 3.63) is 62.8 Å². The number of hydrogen-bond donors (Lipinski definition) is 0. The summed E-state index contributed by atoms with van der Waals surface area (Å²) < 4.78 is 17.1. The summed E-state index contributed by atoms with van der Waals surface area (Å²) >= 11 is 8.01. The summed E-state index contributed by atoms with van der Waals surface area (Å²) in [4.78, 5) is 12.1. The molecule has 0 N–H and O–H groups in total. The Kier molecular flexibility index (Phi) is 6.35. The van der Waals surface area contributed by atoms with E-state index in [1.807, 2.05) is 30.3 Å². The van der Waals surface area contributed by atoms with E-state index in [0.717, 1.165) is 33.4 Å². The highest BCUT2D eigenvalue weighted by molar-refractivity contribution is 7.16. The standard InChI is InChI=1S/C20H21ClO4S/c1-13(22)24-12-17-4-3-5-18(25-17)19-11-15(20(21)26-19)10-14-6-8-16(23-2)9-7-14/h3-4,6-9,11,17-18H,5,10,12H2,1-2H3/t17-,18-/m1/s1. The zero-order chi connectivity index (χ0) is 18.5. The molecule has 2 aromatic rings. The van der Waals surface area contributed by atoms with Crippen molar-refractivity contribution in [2.45, 2.75) is 32.0 Å². The van der Waals surface area contributed by atoms with E-state index in [1.54, 1.807) is 18.4 Å². The maximum atomic E-state index is 11.0. The number of hydrogen-bond acceptors (Lipinski definition) is 5. The van der Waals surface area contributed by atoms with Gasteiger partial charge in [-0.25, -0.2) is 0 Å². The van der Waals surface area contributed by atoms with Crippen LogP contribution >= 0.6 is 22.9 Å². The SMILES string of the molecule is COc1ccc(Cc2cc([C@H]3CC=C[C@H](COC(C)=O)O3)sc2Cl)cc1. The van der Waals surface area contributed by atoms with Crippen molar-refractivity contribution in [2.24, 2.45) is 0 Å². The number of thiophene rings is 1. The van der Waals surface area contributed by atoms with Crippen LogP contribution in [0.4, 0.5) is 0 Å². The molecule has 1 aliphatic rings. The molecule has 4 nitrogen and oxygen atoms in total. The van der Waals surface area contributed by atoms with Gasteiger partial charge in [0, 0.05) is 11.8 Å². The lowest BCUT2D eigenvalue weighted by Crippen LogP contribution is -2.24. The van der Waals surface area contributed by atoms with Crippen LogP contribution in [0.3, 0.4) is 0 Å². The van der Waals surface area contributed by atoms with Crippen LogP contribution in [-0.4, -0.2) is 25.8 Å². The molecular formula is C20H21ClO4S. The van der Waals surface area contributed by atoms with Crippen molar-refractivity contribution < 1.29 is 19.0 Å². The molecule has 0 radical (unpaired) electrons. The van der Waals surface area contributed by atoms with Gasteiger partial charge in [0.15, 0.2) is 0 Å². The molecule has 2 heterocycles. The Balaban J connectivity index is 1.67. The van der Waals surface area contributed by atoms with Gasteiger partial charge in [-0.3, -0.25) is 4.79 Å². The molecule has 1 aliphatic heterocycles. The van der Waals surface area contributed by atoms with Crippen molar-refractivity contribution in [1.82, 2.24) is 0 Å².